The highest BCUT2D eigenvalue weighted by molar-refractivity contribution is 6.08. The zero-order valence-electron chi connectivity index (χ0n) is 14.5. The number of hydrogen-bond acceptors (Lipinski definition) is 6. The normalized spacial score (nSPS) is 15.0. The van der Waals surface area contributed by atoms with Gasteiger partial charge in [0.2, 0.25) is 11.7 Å². The summed E-state index contributed by atoms with van der Waals surface area (Å²) in [5.74, 6) is 0.883. The van der Waals surface area contributed by atoms with Gasteiger partial charge in [-0.1, -0.05) is 18.2 Å². The molecule has 3 heterocycles. The van der Waals surface area contributed by atoms with Crippen LogP contribution in [0.25, 0.3) is 17.0 Å². The van der Waals surface area contributed by atoms with E-state index in [9.17, 15) is 4.79 Å². The number of aryl methyl sites for hydroxylation is 1. The first-order chi connectivity index (χ1) is 12.7. The topological polar surface area (TPSA) is 68.5 Å². The van der Waals surface area contributed by atoms with Gasteiger partial charge in [0.15, 0.2) is 5.76 Å². The Labute approximate surface area is 151 Å². The lowest BCUT2D eigenvalue weighted by Crippen LogP contribution is -2.37. The third-order valence-electron chi connectivity index (χ3n) is 4.45. The summed E-state index contributed by atoms with van der Waals surface area (Å²) in [4.78, 5) is 23.3. The van der Waals surface area contributed by atoms with Crippen molar-refractivity contribution in [2.75, 3.05) is 31.2 Å². The summed E-state index contributed by atoms with van der Waals surface area (Å²) in [5, 5.41) is 0.961. The Bertz CT molecular complexity index is 954. The van der Waals surface area contributed by atoms with E-state index < -0.39 is 0 Å². The Morgan fingerprint density at radius 3 is 2.62 bits per heavy atom. The third-order valence-corrected chi connectivity index (χ3v) is 4.45. The SMILES string of the molecule is Cc1c(C(=O)/C=C/c2cnc(N3CCOCC3)nc2)oc2ccccc12. The van der Waals surface area contributed by atoms with Crippen molar-refractivity contribution in [1.82, 2.24) is 9.97 Å². The molecule has 3 aromatic rings. The van der Waals surface area contributed by atoms with Gasteiger partial charge in [-0.2, -0.15) is 0 Å². The molecule has 0 spiro atoms. The molecule has 0 saturated carbocycles. The first kappa shape index (κ1) is 16.5. The molecular formula is C20H19N3O3. The van der Waals surface area contributed by atoms with E-state index in [1.807, 2.05) is 31.2 Å². The van der Waals surface area contributed by atoms with E-state index in [4.69, 9.17) is 9.15 Å². The standard InChI is InChI=1S/C20H19N3O3/c1-14-16-4-2-3-5-18(16)26-19(14)17(24)7-6-15-12-21-20(22-13-15)23-8-10-25-11-9-23/h2-7,12-13H,8-11H2,1H3/b7-6+. The number of allylic oxidation sites excluding steroid dienone is 1. The minimum absolute atomic E-state index is 0.170. The van der Waals surface area contributed by atoms with Crippen LogP contribution in [0.4, 0.5) is 5.95 Å². The number of fused-ring (bicyclic) bond motifs is 1. The Balaban J connectivity index is 1.50. The number of ketones is 1. The summed E-state index contributed by atoms with van der Waals surface area (Å²) in [5.41, 5.74) is 2.35. The number of carbonyl (C=O) groups excluding carboxylic acids is 1. The fourth-order valence-corrected chi connectivity index (χ4v) is 3.00. The molecule has 0 aliphatic carbocycles. The molecule has 0 amide bonds. The average Bonchev–Trinajstić information content (AvgIpc) is 3.04. The maximum absolute atomic E-state index is 12.5. The van der Waals surface area contributed by atoms with Crippen molar-refractivity contribution < 1.29 is 13.9 Å². The van der Waals surface area contributed by atoms with Crippen LogP contribution in [-0.2, 0) is 4.74 Å². The van der Waals surface area contributed by atoms with Crippen LogP contribution in [0, 0.1) is 6.92 Å². The zero-order chi connectivity index (χ0) is 17.9. The number of ether oxygens (including phenoxy) is 1. The highest BCUT2D eigenvalue weighted by atomic mass is 16.5. The van der Waals surface area contributed by atoms with Gasteiger partial charge in [-0.3, -0.25) is 4.79 Å². The lowest BCUT2D eigenvalue weighted by atomic mass is 10.1. The molecule has 1 aromatic carbocycles. The predicted octanol–water partition coefficient (Wildman–Crippen LogP) is 3.26. The van der Waals surface area contributed by atoms with Crippen molar-refractivity contribution in [3.63, 3.8) is 0 Å². The number of anilines is 1. The van der Waals surface area contributed by atoms with Gasteiger partial charge in [0, 0.05) is 42.0 Å². The van der Waals surface area contributed by atoms with Crippen LogP contribution < -0.4 is 4.90 Å². The molecule has 1 aliphatic rings. The van der Waals surface area contributed by atoms with E-state index in [1.165, 1.54) is 6.08 Å². The molecule has 6 nitrogen and oxygen atoms in total. The fourth-order valence-electron chi connectivity index (χ4n) is 3.00. The first-order valence-corrected chi connectivity index (χ1v) is 8.57. The predicted molar refractivity (Wildman–Crippen MR) is 99.4 cm³/mol. The molecule has 0 atom stereocenters. The van der Waals surface area contributed by atoms with Gasteiger partial charge < -0.3 is 14.1 Å². The van der Waals surface area contributed by atoms with E-state index in [2.05, 4.69) is 14.9 Å². The van der Waals surface area contributed by atoms with Crippen molar-refractivity contribution in [2.24, 2.45) is 0 Å². The van der Waals surface area contributed by atoms with Gasteiger partial charge >= 0.3 is 0 Å². The summed E-state index contributed by atoms with van der Waals surface area (Å²) >= 11 is 0. The van der Waals surface area contributed by atoms with E-state index in [-0.39, 0.29) is 5.78 Å². The van der Waals surface area contributed by atoms with Gasteiger partial charge in [0.25, 0.3) is 0 Å². The number of morpholine rings is 1. The van der Waals surface area contributed by atoms with Crippen molar-refractivity contribution in [3.8, 4) is 0 Å². The van der Waals surface area contributed by atoms with E-state index in [1.54, 1.807) is 18.5 Å². The van der Waals surface area contributed by atoms with Crippen molar-refractivity contribution in [1.29, 1.82) is 0 Å². The van der Waals surface area contributed by atoms with Crippen molar-refractivity contribution >= 4 is 28.8 Å². The molecule has 0 radical (unpaired) electrons. The second-order valence-corrected chi connectivity index (χ2v) is 6.17. The molecule has 4 rings (SSSR count). The van der Waals surface area contributed by atoms with Gasteiger partial charge in [-0.15, -0.1) is 0 Å². The second kappa shape index (κ2) is 7.09. The van der Waals surface area contributed by atoms with E-state index in [0.717, 1.165) is 35.2 Å². The van der Waals surface area contributed by atoms with E-state index in [0.29, 0.717) is 24.9 Å². The van der Waals surface area contributed by atoms with Crippen molar-refractivity contribution in [2.45, 2.75) is 6.92 Å². The lowest BCUT2D eigenvalue weighted by Gasteiger charge is -2.26. The summed E-state index contributed by atoms with van der Waals surface area (Å²) in [6.07, 6.45) is 6.63. The minimum Gasteiger partial charge on any atom is -0.452 e. The molecule has 1 fully saturated rings. The summed E-state index contributed by atoms with van der Waals surface area (Å²) in [7, 11) is 0. The fraction of sp³-hybridized carbons (Fsp3) is 0.250. The molecule has 2 aromatic heterocycles. The van der Waals surface area contributed by atoms with Gasteiger partial charge in [0.1, 0.15) is 5.58 Å². The Morgan fingerprint density at radius 2 is 1.88 bits per heavy atom. The number of nitrogens with zero attached hydrogens (tertiary/aromatic N) is 3. The summed E-state index contributed by atoms with van der Waals surface area (Å²) < 4.78 is 11.0. The van der Waals surface area contributed by atoms with Crippen LogP contribution in [0.5, 0.6) is 0 Å². The van der Waals surface area contributed by atoms with Crippen LogP contribution >= 0.6 is 0 Å². The number of para-hydroxylation sites is 1. The smallest absolute Gasteiger partial charge is 0.225 e. The largest absolute Gasteiger partial charge is 0.452 e. The van der Waals surface area contributed by atoms with E-state index >= 15 is 0 Å². The van der Waals surface area contributed by atoms with Gasteiger partial charge in [-0.25, -0.2) is 9.97 Å². The number of carbonyl (C=O) groups is 1. The lowest BCUT2D eigenvalue weighted by molar-refractivity contribution is 0.102. The molecule has 26 heavy (non-hydrogen) atoms. The molecule has 0 bridgehead atoms. The highest BCUT2D eigenvalue weighted by Gasteiger charge is 2.15. The highest BCUT2D eigenvalue weighted by Crippen LogP contribution is 2.25. The Hall–Kier alpha value is -2.99. The molecular weight excluding hydrogens is 330 g/mol. The van der Waals surface area contributed by atoms with Gasteiger partial charge in [-0.05, 0) is 25.1 Å². The van der Waals surface area contributed by atoms with Crippen LogP contribution in [0.3, 0.4) is 0 Å². The molecule has 1 aliphatic heterocycles. The monoisotopic (exact) mass is 349 g/mol. The molecule has 0 N–H and O–H groups in total. The van der Waals surface area contributed by atoms with Crippen LogP contribution in [0.2, 0.25) is 0 Å². The molecule has 1 saturated heterocycles. The molecule has 6 heteroatoms. The maximum atomic E-state index is 12.5. The summed E-state index contributed by atoms with van der Waals surface area (Å²) in [6.45, 7) is 4.86. The summed E-state index contributed by atoms with van der Waals surface area (Å²) in [6, 6.07) is 7.64. The van der Waals surface area contributed by atoms with Gasteiger partial charge in [0.05, 0.1) is 13.2 Å². The minimum atomic E-state index is -0.170. The third kappa shape index (κ3) is 3.23. The van der Waals surface area contributed by atoms with Crippen LogP contribution in [-0.4, -0.2) is 42.1 Å². The zero-order valence-corrected chi connectivity index (χ0v) is 14.5. The maximum Gasteiger partial charge on any atom is 0.225 e. The van der Waals surface area contributed by atoms with Crippen LogP contribution in [0.15, 0.2) is 47.2 Å². The molecule has 132 valence electrons. The number of rotatable bonds is 4. The Morgan fingerprint density at radius 1 is 1.15 bits per heavy atom. The molecule has 0 unspecified atom stereocenters. The number of aromatic nitrogens is 2. The van der Waals surface area contributed by atoms with Crippen LogP contribution in [0.1, 0.15) is 21.7 Å². The quantitative estimate of drug-likeness (QED) is 0.532. The second-order valence-electron chi connectivity index (χ2n) is 6.17. The first-order valence-electron chi connectivity index (χ1n) is 8.57. The Kier molecular flexibility index (Phi) is 4.50. The van der Waals surface area contributed by atoms with Crippen molar-refractivity contribution in [3.05, 3.63) is 59.6 Å². The average molecular weight is 349 g/mol. The number of furan rings is 1. The number of hydrogen-bond donors (Lipinski definition) is 0. The number of benzene rings is 1.